The van der Waals surface area contributed by atoms with Gasteiger partial charge in [0.2, 0.25) is 5.91 Å². The fourth-order valence-electron chi connectivity index (χ4n) is 3.66. The summed E-state index contributed by atoms with van der Waals surface area (Å²) in [5, 5.41) is 15.5. The second-order valence-electron chi connectivity index (χ2n) is 8.29. The van der Waals surface area contributed by atoms with E-state index in [0.717, 1.165) is 16.8 Å². The molecular weight excluding hydrogens is 463 g/mol. The number of fused-ring (bicyclic) bond motifs is 1. The molecule has 0 saturated carbocycles. The fraction of sp³-hybridized carbons (Fsp3) is 0.222. The molecule has 1 heterocycles. The second-order valence-corrected chi connectivity index (χ2v) is 8.29. The Morgan fingerprint density at radius 1 is 1.08 bits per heavy atom. The van der Waals surface area contributed by atoms with E-state index in [4.69, 9.17) is 14.6 Å². The van der Waals surface area contributed by atoms with E-state index in [1.54, 1.807) is 6.07 Å². The van der Waals surface area contributed by atoms with Gasteiger partial charge < -0.3 is 25.2 Å². The molecule has 4 aromatic rings. The Bertz CT molecular complexity index is 1360. The number of aliphatic hydroxyl groups is 1. The summed E-state index contributed by atoms with van der Waals surface area (Å²) in [7, 11) is 0. The van der Waals surface area contributed by atoms with Crippen molar-refractivity contribution >= 4 is 28.3 Å². The number of rotatable bonds is 10. The number of benzene rings is 3. The predicted octanol–water partition coefficient (Wildman–Crippen LogP) is 4.28. The van der Waals surface area contributed by atoms with E-state index in [1.165, 1.54) is 18.5 Å². The molecule has 8 nitrogen and oxygen atoms in total. The molecule has 0 bridgehead atoms. The van der Waals surface area contributed by atoms with Crippen molar-refractivity contribution in [2.45, 2.75) is 26.6 Å². The Morgan fingerprint density at radius 2 is 1.92 bits per heavy atom. The smallest absolute Gasteiger partial charge is 0.245 e. The molecule has 0 saturated heterocycles. The number of amides is 1. The molecule has 0 aliphatic heterocycles. The first-order chi connectivity index (χ1) is 17.4. The van der Waals surface area contributed by atoms with Crippen LogP contribution in [0.4, 0.5) is 15.9 Å². The van der Waals surface area contributed by atoms with E-state index >= 15 is 0 Å². The summed E-state index contributed by atoms with van der Waals surface area (Å²) in [5.41, 5.74) is 3.15. The van der Waals surface area contributed by atoms with Crippen molar-refractivity contribution in [2.24, 2.45) is 0 Å². The van der Waals surface area contributed by atoms with Crippen LogP contribution < -0.4 is 20.1 Å². The molecule has 0 radical (unpaired) electrons. The van der Waals surface area contributed by atoms with Crippen LogP contribution in [0.2, 0.25) is 0 Å². The molecule has 0 spiro atoms. The molecule has 1 amide bonds. The summed E-state index contributed by atoms with van der Waals surface area (Å²) < 4.78 is 25.4. The number of aryl methyl sites for hydroxylation is 1. The first kappa shape index (κ1) is 24.9. The maximum atomic E-state index is 13.4. The van der Waals surface area contributed by atoms with Crippen LogP contribution in [0.15, 0.2) is 67.0 Å². The van der Waals surface area contributed by atoms with Crippen molar-refractivity contribution in [3.05, 3.63) is 83.9 Å². The van der Waals surface area contributed by atoms with Gasteiger partial charge in [0.25, 0.3) is 0 Å². The number of anilines is 2. The molecule has 3 aromatic carbocycles. The molecule has 4 rings (SSSR count). The van der Waals surface area contributed by atoms with E-state index in [2.05, 4.69) is 20.6 Å². The summed E-state index contributed by atoms with van der Waals surface area (Å²) in [6.45, 7) is 3.68. The summed E-state index contributed by atoms with van der Waals surface area (Å²) in [6, 6.07) is 17.5. The average Bonchev–Trinajstić information content (AvgIpc) is 2.87. The van der Waals surface area contributed by atoms with Crippen molar-refractivity contribution in [3.8, 4) is 11.5 Å². The van der Waals surface area contributed by atoms with Gasteiger partial charge in [0.15, 0.2) is 0 Å². The van der Waals surface area contributed by atoms with Gasteiger partial charge in [-0.25, -0.2) is 14.4 Å². The van der Waals surface area contributed by atoms with Crippen LogP contribution in [-0.4, -0.2) is 40.2 Å². The zero-order chi connectivity index (χ0) is 25.5. The van der Waals surface area contributed by atoms with Crippen LogP contribution in [0.3, 0.4) is 0 Å². The normalized spacial score (nSPS) is 11.7. The molecule has 36 heavy (non-hydrogen) atoms. The number of aromatic nitrogens is 2. The van der Waals surface area contributed by atoms with Gasteiger partial charge in [-0.05, 0) is 67.4 Å². The van der Waals surface area contributed by atoms with Crippen molar-refractivity contribution in [2.75, 3.05) is 18.5 Å². The molecule has 0 unspecified atom stereocenters. The maximum absolute atomic E-state index is 13.4. The van der Waals surface area contributed by atoms with Crippen molar-refractivity contribution in [1.29, 1.82) is 0 Å². The van der Waals surface area contributed by atoms with Crippen LogP contribution in [0.5, 0.6) is 11.5 Å². The lowest BCUT2D eigenvalue weighted by Gasteiger charge is -2.18. The first-order valence-corrected chi connectivity index (χ1v) is 11.5. The SMILES string of the molecule is Cc1cc(Nc2ncnc3cccc(O[C@H](C)CNC(=O)CO)c23)ccc1OCc1cccc(F)c1. The third-order valence-corrected chi connectivity index (χ3v) is 5.40. The largest absolute Gasteiger partial charge is 0.489 e. The third kappa shape index (κ3) is 6.25. The highest BCUT2D eigenvalue weighted by Crippen LogP contribution is 2.33. The van der Waals surface area contributed by atoms with Crippen LogP contribution in [0.1, 0.15) is 18.1 Å². The Morgan fingerprint density at radius 3 is 2.69 bits per heavy atom. The quantitative estimate of drug-likeness (QED) is 0.305. The van der Waals surface area contributed by atoms with Crippen LogP contribution >= 0.6 is 0 Å². The van der Waals surface area contributed by atoms with Gasteiger partial charge in [0.1, 0.15) is 48.8 Å². The third-order valence-electron chi connectivity index (χ3n) is 5.40. The number of nitrogens with one attached hydrogen (secondary N) is 2. The van der Waals surface area contributed by atoms with Gasteiger partial charge in [-0.1, -0.05) is 18.2 Å². The number of carbonyl (C=O) groups excluding carboxylic acids is 1. The van der Waals surface area contributed by atoms with Gasteiger partial charge in [0, 0.05) is 5.69 Å². The number of hydrogen-bond donors (Lipinski definition) is 3. The summed E-state index contributed by atoms with van der Waals surface area (Å²) in [4.78, 5) is 20.1. The highest BCUT2D eigenvalue weighted by Gasteiger charge is 2.14. The number of aliphatic hydroxyl groups excluding tert-OH is 1. The van der Waals surface area contributed by atoms with Crippen LogP contribution in [0.25, 0.3) is 10.9 Å². The molecule has 0 fully saturated rings. The van der Waals surface area contributed by atoms with E-state index in [0.29, 0.717) is 28.2 Å². The molecule has 0 aliphatic carbocycles. The minimum Gasteiger partial charge on any atom is -0.489 e. The minimum atomic E-state index is -0.572. The number of carbonyl (C=O) groups is 1. The minimum absolute atomic E-state index is 0.239. The molecule has 3 N–H and O–H groups in total. The topological polar surface area (TPSA) is 106 Å². The summed E-state index contributed by atoms with van der Waals surface area (Å²) in [6.07, 6.45) is 1.12. The zero-order valence-corrected chi connectivity index (χ0v) is 20.0. The van der Waals surface area contributed by atoms with Gasteiger partial charge in [-0.2, -0.15) is 0 Å². The Labute approximate surface area is 208 Å². The fourth-order valence-corrected chi connectivity index (χ4v) is 3.66. The highest BCUT2D eigenvalue weighted by atomic mass is 19.1. The average molecular weight is 491 g/mol. The van der Waals surface area contributed by atoms with Gasteiger partial charge >= 0.3 is 0 Å². The lowest BCUT2D eigenvalue weighted by Crippen LogP contribution is -2.35. The zero-order valence-electron chi connectivity index (χ0n) is 20.0. The van der Waals surface area contributed by atoms with E-state index in [-0.39, 0.29) is 25.1 Å². The molecule has 186 valence electrons. The van der Waals surface area contributed by atoms with E-state index in [1.807, 2.05) is 56.3 Å². The van der Waals surface area contributed by atoms with Crippen molar-refractivity contribution in [3.63, 3.8) is 0 Å². The van der Waals surface area contributed by atoms with Gasteiger partial charge in [-0.3, -0.25) is 4.79 Å². The monoisotopic (exact) mass is 490 g/mol. The summed E-state index contributed by atoms with van der Waals surface area (Å²) in [5.74, 6) is 1.06. The first-order valence-electron chi connectivity index (χ1n) is 11.5. The number of halogens is 1. The number of hydrogen-bond acceptors (Lipinski definition) is 7. The lowest BCUT2D eigenvalue weighted by atomic mass is 10.1. The Hall–Kier alpha value is -4.24. The second kappa shape index (κ2) is 11.5. The highest BCUT2D eigenvalue weighted by molar-refractivity contribution is 5.95. The van der Waals surface area contributed by atoms with Gasteiger partial charge in [-0.15, -0.1) is 0 Å². The molecular formula is C27H27FN4O4. The van der Waals surface area contributed by atoms with Crippen molar-refractivity contribution in [1.82, 2.24) is 15.3 Å². The Kier molecular flexibility index (Phi) is 7.92. The molecule has 0 aliphatic rings. The predicted molar refractivity (Wildman–Crippen MR) is 135 cm³/mol. The summed E-state index contributed by atoms with van der Waals surface area (Å²) >= 11 is 0. The molecule has 1 aromatic heterocycles. The number of ether oxygens (including phenoxy) is 2. The van der Waals surface area contributed by atoms with Gasteiger partial charge in [0.05, 0.1) is 17.4 Å². The van der Waals surface area contributed by atoms with E-state index < -0.39 is 12.5 Å². The molecule has 1 atom stereocenters. The lowest BCUT2D eigenvalue weighted by molar-refractivity contribution is -0.124. The van der Waals surface area contributed by atoms with Crippen molar-refractivity contribution < 1.29 is 23.8 Å². The Balaban J connectivity index is 1.51. The van der Waals surface area contributed by atoms with Crippen LogP contribution in [0, 0.1) is 12.7 Å². The maximum Gasteiger partial charge on any atom is 0.245 e. The number of nitrogens with zero attached hydrogens (tertiary/aromatic N) is 2. The standard InChI is InChI=1S/C27H27FN4O4/c1-17-11-21(9-10-23(17)35-15-19-5-3-6-20(28)12-19)32-27-26-22(30-16-31-27)7-4-8-24(26)36-18(2)13-29-25(34)14-33/h3-12,16,18,33H,13-15H2,1-2H3,(H,29,34)(H,30,31,32)/t18-/m1/s1. The van der Waals surface area contributed by atoms with E-state index in [9.17, 15) is 9.18 Å². The molecule has 9 heteroatoms. The van der Waals surface area contributed by atoms with Crippen LogP contribution in [-0.2, 0) is 11.4 Å².